The summed E-state index contributed by atoms with van der Waals surface area (Å²) in [6, 6.07) is 20.8. The fourth-order valence-corrected chi connectivity index (χ4v) is 3.58. The van der Waals surface area contributed by atoms with Crippen molar-refractivity contribution in [2.24, 2.45) is 0 Å². The zero-order valence-corrected chi connectivity index (χ0v) is 15.9. The van der Waals surface area contributed by atoms with Gasteiger partial charge in [-0.05, 0) is 41.3 Å². The summed E-state index contributed by atoms with van der Waals surface area (Å²) in [7, 11) is 0. The van der Waals surface area contributed by atoms with Crippen LogP contribution in [0.25, 0.3) is 0 Å². The van der Waals surface area contributed by atoms with Crippen LogP contribution in [0.4, 0.5) is 0 Å². The number of carbonyl (C=O) groups excluding carboxylic acids is 1. The molecule has 0 radical (unpaired) electrons. The minimum Gasteiger partial charge on any atom is -0.508 e. The first kappa shape index (κ1) is 18.1. The Labute approximate surface area is 164 Å². The van der Waals surface area contributed by atoms with E-state index >= 15 is 0 Å². The van der Waals surface area contributed by atoms with Gasteiger partial charge in [-0.25, -0.2) is 0 Å². The van der Waals surface area contributed by atoms with Crippen molar-refractivity contribution in [3.63, 3.8) is 0 Å². The Kier molecular flexibility index (Phi) is 4.78. The zero-order valence-electron chi connectivity index (χ0n) is 15.9. The van der Waals surface area contributed by atoms with E-state index in [0.717, 1.165) is 28.2 Å². The molecule has 4 nitrogen and oxygen atoms in total. The Bertz CT molecular complexity index is 1010. The zero-order chi connectivity index (χ0) is 19.7. The third-order valence-corrected chi connectivity index (χ3v) is 5.02. The third kappa shape index (κ3) is 3.58. The molecule has 1 unspecified atom stereocenters. The number of ether oxygens (including phenoxy) is 2. The fourth-order valence-electron chi connectivity index (χ4n) is 3.58. The van der Waals surface area contributed by atoms with Crippen molar-refractivity contribution in [3.05, 3.63) is 83.4 Å². The van der Waals surface area contributed by atoms with E-state index in [-0.39, 0.29) is 24.1 Å². The Hall–Kier alpha value is -3.27. The van der Waals surface area contributed by atoms with Gasteiger partial charge in [0.2, 0.25) is 0 Å². The van der Waals surface area contributed by atoms with Crippen LogP contribution in [0.1, 0.15) is 48.8 Å². The molecule has 3 aromatic carbocycles. The first-order valence-corrected chi connectivity index (χ1v) is 9.41. The summed E-state index contributed by atoms with van der Waals surface area (Å²) in [5.41, 5.74) is 3.07. The lowest BCUT2D eigenvalue weighted by atomic mass is 9.86. The molecular formula is C24H22O4. The molecule has 3 aromatic rings. The van der Waals surface area contributed by atoms with E-state index in [4.69, 9.17) is 9.47 Å². The number of phenolic OH excluding ortho intramolecular Hbond substituents is 1. The lowest BCUT2D eigenvalue weighted by Gasteiger charge is -2.25. The van der Waals surface area contributed by atoms with Crippen LogP contribution in [0.15, 0.2) is 66.7 Å². The molecule has 0 bridgehead atoms. The van der Waals surface area contributed by atoms with Gasteiger partial charge in [-0.2, -0.15) is 0 Å². The second kappa shape index (κ2) is 7.39. The Morgan fingerprint density at radius 2 is 1.79 bits per heavy atom. The molecule has 4 heteroatoms. The van der Waals surface area contributed by atoms with Crippen LogP contribution in [0.3, 0.4) is 0 Å². The van der Waals surface area contributed by atoms with Gasteiger partial charge in [0.05, 0.1) is 6.42 Å². The fraction of sp³-hybridized carbons (Fsp3) is 0.208. The molecule has 0 amide bonds. The maximum atomic E-state index is 12.0. The SMILES string of the molecule is CC(C)c1ccccc1Oc1ccc(C2CC(=O)Oc3cc(O)ccc32)cc1. The molecule has 0 spiro atoms. The summed E-state index contributed by atoms with van der Waals surface area (Å²) in [6.07, 6.45) is 0.272. The minimum absolute atomic E-state index is 0.0831. The standard InChI is InChI=1S/C24H22O4/c1-15(2)19-5-3-4-6-22(19)27-18-10-7-16(8-11-18)21-14-24(26)28-23-13-17(25)9-12-20(21)23/h3-13,15,21,25H,14H2,1-2H3. The number of fused-ring (bicyclic) bond motifs is 1. The predicted molar refractivity (Wildman–Crippen MR) is 107 cm³/mol. The Balaban J connectivity index is 1.60. The van der Waals surface area contributed by atoms with Crippen molar-refractivity contribution in [3.8, 4) is 23.0 Å². The summed E-state index contributed by atoms with van der Waals surface area (Å²) < 4.78 is 11.4. The first-order chi connectivity index (χ1) is 13.5. The third-order valence-electron chi connectivity index (χ3n) is 5.02. The topological polar surface area (TPSA) is 55.8 Å². The highest BCUT2D eigenvalue weighted by atomic mass is 16.5. The molecule has 0 fully saturated rings. The van der Waals surface area contributed by atoms with Crippen LogP contribution in [0, 0.1) is 0 Å². The Morgan fingerprint density at radius 1 is 1.04 bits per heavy atom. The lowest BCUT2D eigenvalue weighted by molar-refractivity contribution is -0.135. The van der Waals surface area contributed by atoms with Crippen molar-refractivity contribution < 1.29 is 19.4 Å². The Morgan fingerprint density at radius 3 is 2.54 bits per heavy atom. The smallest absolute Gasteiger partial charge is 0.312 e. The quantitative estimate of drug-likeness (QED) is 0.467. The van der Waals surface area contributed by atoms with Crippen LogP contribution in [-0.2, 0) is 4.79 Å². The molecule has 1 aliphatic rings. The van der Waals surface area contributed by atoms with Gasteiger partial charge in [0.25, 0.3) is 0 Å². The van der Waals surface area contributed by atoms with Crippen LogP contribution in [0.5, 0.6) is 23.0 Å². The summed E-state index contributed by atoms with van der Waals surface area (Å²) >= 11 is 0. The van der Waals surface area contributed by atoms with Crippen molar-refractivity contribution in [1.82, 2.24) is 0 Å². The maximum Gasteiger partial charge on any atom is 0.312 e. The average molecular weight is 374 g/mol. The number of para-hydroxylation sites is 1. The summed E-state index contributed by atoms with van der Waals surface area (Å²) in [5.74, 6) is 2.08. The van der Waals surface area contributed by atoms with Crippen molar-refractivity contribution >= 4 is 5.97 Å². The molecule has 1 heterocycles. The van der Waals surface area contributed by atoms with E-state index in [9.17, 15) is 9.90 Å². The number of esters is 1. The predicted octanol–water partition coefficient (Wildman–Crippen LogP) is 5.75. The lowest BCUT2D eigenvalue weighted by Crippen LogP contribution is -2.20. The van der Waals surface area contributed by atoms with Gasteiger partial charge in [-0.15, -0.1) is 0 Å². The van der Waals surface area contributed by atoms with Gasteiger partial charge in [0, 0.05) is 17.5 Å². The number of hydrogen-bond donors (Lipinski definition) is 1. The van der Waals surface area contributed by atoms with Crippen LogP contribution in [-0.4, -0.2) is 11.1 Å². The number of benzene rings is 3. The second-order valence-electron chi connectivity index (χ2n) is 7.32. The molecule has 4 rings (SSSR count). The van der Waals surface area contributed by atoms with Gasteiger partial charge in [0.1, 0.15) is 23.0 Å². The molecule has 1 N–H and O–H groups in total. The van der Waals surface area contributed by atoms with E-state index in [0.29, 0.717) is 11.7 Å². The van der Waals surface area contributed by atoms with Gasteiger partial charge < -0.3 is 14.6 Å². The average Bonchev–Trinajstić information content (AvgIpc) is 2.68. The molecule has 142 valence electrons. The normalized spacial score (nSPS) is 15.8. The molecule has 0 saturated heterocycles. The van der Waals surface area contributed by atoms with Gasteiger partial charge in [-0.3, -0.25) is 4.79 Å². The maximum absolute atomic E-state index is 12.0. The van der Waals surface area contributed by atoms with Gasteiger partial charge in [0.15, 0.2) is 0 Å². The van der Waals surface area contributed by atoms with E-state index in [1.54, 1.807) is 6.07 Å². The molecular weight excluding hydrogens is 352 g/mol. The van der Waals surface area contributed by atoms with Gasteiger partial charge in [-0.1, -0.05) is 50.2 Å². The van der Waals surface area contributed by atoms with Crippen molar-refractivity contribution in [2.45, 2.75) is 32.1 Å². The molecule has 0 aromatic heterocycles. The van der Waals surface area contributed by atoms with E-state index < -0.39 is 0 Å². The molecule has 1 aliphatic heterocycles. The number of hydrogen-bond acceptors (Lipinski definition) is 4. The molecule has 0 aliphatic carbocycles. The minimum atomic E-state index is -0.297. The number of carbonyl (C=O) groups is 1. The van der Waals surface area contributed by atoms with Crippen LogP contribution < -0.4 is 9.47 Å². The highest BCUT2D eigenvalue weighted by Gasteiger charge is 2.28. The summed E-state index contributed by atoms with van der Waals surface area (Å²) in [4.78, 5) is 12.0. The van der Waals surface area contributed by atoms with Crippen LogP contribution in [0.2, 0.25) is 0 Å². The molecule has 1 atom stereocenters. The summed E-state index contributed by atoms with van der Waals surface area (Å²) in [5, 5.41) is 9.66. The largest absolute Gasteiger partial charge is 0.508 e. The van der Waals surface area contributed by atoms with Crippen molar-refractivity contribution in [1.29, 1.82) is 0 Å². The van der Waals surface area contributed by atoms with Crippen LogP contribution >= 0.6 is 0 Å². The monoisotopic (exact) mass is 374 g/mol. The van der Waals surface area contributed by atoms with E-state index in [1.165, 1.54) is 6.07 Å². The highest BCUT2D eigenvalue weighted by Crippen LogP contribution is 2.41. The number of aromatic hydroxyl groups is 1. The molecule has 28 heavy (non-hydrogen) atoms. The number of rotatable bonds is 4. The molecule has 0 saturated carbocycles. The highest BCUT2D eigenvalue weighted by molar-refractivity contribution is 5.78. The van der Waals surface area contributed by atoms with E-state index in [2.05, 4.69) is 19.9 Å². The number of phenols is 1. The first-order valence-electron chi connectivity index (χ1n) is 9.41. The summed E-state index contributed by atoms with van der Waals surface area (Å²) in [6.45, 7) is 4.28. The van der Waals surface area contributed by atoms with E-state index in [1.807, 2.05) is 48.5 Å². The second-order valence-corrected chi connectivity index (χ2v) is 7.32. The van der Waals surface area contributed by atoms with Gasteiger partial charge >= 0.3 is 5.97 Å². The van der Waals surface area contributed by atoms with Crippen molar-refractivity contribution in [2.75, 3.05) is 0 Å².